The molecule has 22 heavy (non-hydrogen) atoms. The Morgan fingerprint density at radius 1 is 1.36 bits per heavy atom. The topological polar surface area (TPSA) is 45.4 Å². The Morgan fingerprint density at radius 2 is 2.09 bits per heavy atom. The van der Waals surface area contributed by atoms with Crippen LogP contribution in [-0.4, -0.2) is 18.4 Å². The minimum absolute atomic E-state index is 0.208. The van der Waals surface area contributed by atoms with E-state index < -0.39 is 12.7 Å². The summed E-state index contributed by atoms with van der Waals surface area (Å²) in [5, 5.41) is 9.03. The van der Waals surface area contributed by atoms with Crippen LogP contribution in [0.25, 0.3) is 0 Å². The van der Waals surface area contributed by atoms with Gasteiger partial charge in [-0.15, -0.1) is 0 Å². The van der Waals surface area contributed by atoms with Gasteiger partial charge in [0.2, 0.25) is 6.19 Å². The van der Waals surface area contributed by atoms with Crippen LogP contribution in [0.5, 0.6) is 0 Å². The van der Waals surface area contributed by atoms with Crippen molar-refractivity contribution in [3.63, 3.8) is 0 Å². The van der Waals surface area contributed by atoms with Gasteiger partial charge in [-0.05, 0) is 49.8 Å². The third-order valence-electron chi connectivity index (χ3n) is 4.71. The van der Waals surface area contributed by atoms with Crippen molar-refractivity contribution in [2.24, 2.45) is 10.4 Å². The zero-order valence-corrected chi connectivity index (χ0v) is 13.4. The molecule has 1 spiro atoms. The van der Waals surface area contributed by atoms with E-state index in [2.05, 4.69) is 25.7 Å². The number of benzene rings is 1. The zero-order valence-electron chi connectivity index (χ0n) is 11.9. The van der Waals surface area contributed by atoms with Gasteiger partial charge in [0, 0.05) is 15.5 Å². The van der Waals surface area contributed by atoms with E-state index in [1.54, 1.807) is 0 Å². The molecule has 2 aliphatic carbocycles. The number of rotatable bonds is 2. The van der Waals surface area contributed by atoms with Gasteiger partial charge in [-0.25, -0.2) is 0 Å². The van der Waals surface area contributed by atoms with Crippen LogP contribution in [-0.2, 0) is 11.2 Å². The minimum atomic E-state index is -2.72. The molecule has 3 rings (SSSR count). The number of ether oxygens (including phenoxy) is 1. The van der Waals surface area contributed by atoms with Crippen molar-refractivity contribution in [1.29, 1.82) is 5.26 Å². The number of halogens is 3. The molecular formula is C16H15BrF2N2O. The molecule has 2 aliphatic rings. The lowest BCUT2D eigenvalue weighted by molar-refractivity contribution is -0.172. The third kappa shape index (κ3) is 2.80. The second kappa shape index (κ2) is 6.05. The minimum Gasteiger partial charge on any atom is -0.320 e. The van der Waals surface area contributed by atoms with Crippen LogP contribution >= 0.6 is 15.9 Å². The monoisotopic (exact) mass is 368 g/mol. The van der Waals surface area contributed by atoms with Crippen molar-refractivity contribution in [2.45, 2.75) is 44.8 Å². The fourth-order valence-corrected chi connectivity index (χ4v) is 4.09. The molecular weight excluding hydrogens is 354 g/mol. The van der Waals surface area contributed by atoms with E-state index in [1.165, 1.54) is 5.56 Å². The molecule has 0 amide bonds. The number of nitriles is 1. The molecule has 0 radical (unpaired) electrons. The molecule has 0 bridgehead atoms. The standard InChI is InChI=1S/C16H15BrF2N2O/c17-11-2-1-10-8-16(14(21-9-20)13(10)7-11)5-3-12(4-6-16)22-15(18)19/h1-2,7,12,15H,3-6,8H2/b21-14-. The molecule has 1 saturated carbocycles. The average Bonchev–Trinajstić information content (AvgIpc) is 2.76. The second-order valence-corrected chi connectivity index (χ2v) is 6.83. The molecule has 0 aromatic heterocycles. The van der Waals surface area contributed by atoms with E-state index in [9.17, 15) is 8.78 Å². The lowest BCUT2D eigenvalue weighted by Gasteiger charge is -2.37. The zero-order chi connectivity index (χ0) is 15.7. The number of hydrogen-bond donors (Lipinski definition) is 0. The van der Waals surface area contributed by atoms with E-state index in [0.29, 0.717) is 12.8 Å². The fraction of sp³-hybridized carbons (Fsp3) is 0.500. The molecule has 6 heteroatoms. The highest BCUT2D eigenvalue weighted by Gasteiger charge is 2.46. The van der Waals surface area contributed by atoms with Gasteiger partial charge in [0.1, 0.15) is 0 Å². The third-order valence-corrected chi connectivity index (χ3v) is 5.20. The van der Waals surface area contributed by atoms with Crippen LogP contribution in [0, 0.1) is 16.9 Å². The SMILES string of the molecule is N#C/N=C1/c2cc(Br)ccc2CC12CCC(OC(F)F)CC2. The predicted molar refractivity (Wildman–Crippen MR) is 81.8 cm³/mol. The highest BCUT2D eigenvalue weighted by Crippen LogP contribution is 2.48. The summed E-state index contributed by atoms with van der Waals surface area (Å²) in [6, 6.07) is 6.01. The Bertz CT molecular complexity index is 646. The maximum absolute atomic E-state index is 12.4. The molecule has 116 valence electrons. The Hall–Kier alpha value is -1.32. The Kier molecular flexibility index (Phi) is 4.28. The summed E-state index contributed by atoms with van der Waals surface area (Å²) in [6.07, 6.45) is 4.91. The largest absolute Gasteiger partial charge is 0.345 e. The van der Waals surface area contributed by atoms with E-state index >= 15 is 0 Å². The first-order valence-corrected chi connectivity index (χ1v) is 8.03. The molecule has 1 aromatic rings. The van der Waals surface area contributed by atoms with Crippen molar-refractivity contribution >= 4 is 21.6 Å². The molecule has 0 unspecified atom stereocenters. The van der Waals surface area contributed by atoms with Gasteiger partial charge in [-0.3, -0.25) is 0 Å². The summed E-state index contributed by atoms with van der Waals surface area (Å²) in [7, 11) is 0. The van der Waals surface area contributed by atoms with Gasteiger partial charge in [0.25, 0.3) is 0 Å². The van der Waals surface area contributed by atoms with Gasteiger partial charge < -0.3 is 4.74 Å². The molecule has 1 fully saturated rings. The normalized spacial score (nSPS) is 29.0. The van der Waals surface area contributed by atoms with Crippen molar-refractivity contribution in [3.05, 3.63) is 33.8 Å². The molecule has 1 aromatic carbocycles. The molecule has 0 atom stereocenters. The van der Waals surface area contributed by atoms with Crippen LogP contribution in [0.2, 0.25) is 0 Å². The summed E-state index contributed by atoms with van der Waals surface area (Å²) < 4.78 is 30.3. The summed E-state index contributed by atoms with van der Waals surface area (Å²) >= 11 is 3.45. The van der Waals surface area contributed by atoms with Crippen LogP contribution in [0.15, 0.2) is 27.7 Å². The van der Waals surface area contributed by atoms with Crippen LogP contribution in [0.3, 0.4) is 0 Å². The summed E-state index contributed by atoms with van der Waals surface area (Å²) in [5.41, 5.74) is 2.78. The summed E-state index contributed by atoms with van der Waals surface area (Å²) in [5.74, 6) is 0. The van der Waals surface area contributed by atoms with E-state index in [4.69, 9.17) is 5.26 Å². The predicted octanol–water partition coefficient (Wildman–Crippen LogP) is 4.44. The van der Waals surface area contributed by atoms with E-state index in [0.717, 1.165) is 35.0 Å². The van der Waals surface area contributed by atoms with E-state index in [-0.39, 0.29) is 5.41 Å². The van der Waals surface area contributed by atoms with Crippen molar-refractivity contribution in [1.82, 2.24) is 0 Å². The Balaban J connectivity index is 1.87. The Morgan fingerprint density at radius 3 is 2.73 bits per heavy atom. The lowest BCUT2D eigenvalue weighted by atomic mass is 9.70. The quantitative estimate of drug-likeness (QED) is 0.724. The smallest absolute Gasteiger partial charge is 0.320 e. The Labute approximate surface area is 136 Å². The van der Waals surface area contributed by atoms with Crippen molar-refractivity contribution in [3.8, 4) is 6.19 Å². The highest BCUT2D eigenvalue weighted by molar-refractivity contribution is 9.10. The molecule has 0 saturated heterocycles. The number of alkyl halides is 2. The van der Waals surface area contributed by atoms with Gasteiger partial charge >= 0.3 is 6.61 Å². The van der Waals surface area contributed by atoms with Gasteiger partial charge in [-0.2, -0.15) is 19.0 Å². The second-order valence-electron chi connectivity index (χ2n) is 5.92. The first kappa shape index (κ1) is 15.6. The van der Waals surface area contributed by atoms with Crippen LogP contribution in [0.4, 0.5) is 8.78 Å². The maximum atomic E-state index is 12.4. The summed E-state index contributed by atoms with van der Waals surface area (Å²) in [6.45, 7) is -2.72. The van der Waals surface area contributed by atoms with Gasteiger partial charge in [0.05, 0.1) is 11.8 Å². The first-order valence-electron chi connectivity index (χ1n) is 7.24. The lowest BCUT2D eigenvalue weighted by Crippen LogP contribution is -2.36. The van der Waals surface area contributed by atoms with Gasteiger partial charge in [0.15, 0.2) is 0 Å². The molecule has 0 N–H and O–H groups in total. The number of fused-ring (bicyclic) bond motifs is 1. The van der Waals surface area contributed by atoms with Crippen LogP contribution in [0.1, 0.15) is 36.8 Å². The van der Waals surface area contributed by atoms with Crippen molar-refractivity contribution < 1.29 is 13.5 Å². The fourth-order valence-electron chi connectivity index (χ4n) is 3.73. The number of nitrogens with zero attached hydrogens (tertiary/aromatic N) is 2. The molecule has 0 aliphatic heterocycles. The summed E-state index contributed by atoms with van der Waals surface area (Å²) in [4.78, 5) is 4.08. The highest BCUT2D eigenvalue weighted by atomic mass is 79.9. The average molecular weight is 369 g/mol. The maximum Gasteiger partial charge on any atom is 0.345 e. The number of hydrogen-bond acceptors (Lipinski definition) is 3. The van der Waals surface area contributed by atoms with Crippen LogP contribution < -0.4 is 0 Å². The van der Waals surface area contributed by atoms with E-state index in [1.807, 2.05) is 24.4 Å². The van der Waals surface area contributed by atoms with Crippen molar-refractivity contribution in [2.75, 3.05) is 0 Å². The first-order chi connectivity index (χ1) is 10.5. The van der Waals surface area contributed by atoms with Gasteiger partial charge in [-0.1, -0.05) is 22.0 Å². The molecule has 3 nitrogen and oxygen atoms in total. The number of aliphatic imine (C=N–C) groups is 1. The molecule has 0 heterocycles.